The highest BCUT2D eigenvalue weighted by molar-refractivity contribution is 7.12. The van der Waals surface area contributed by atoms with Gasteiger partial charge in [0.2, 0.25) is 5.91 Å². The molecule has 1 aromatic rings. The van der Waals surface area contributed by atoms with Crippen LogP contribution in [0.4, 0.5) is 0 Å². The van der Waals surface area contributed by atoms with Crippen LogP contribution in [0.15, 0.2) is 12.1 Å². The van der Waals surface area contributed by atoms with Crippen molar-refractivity contribution < 1.29 is 4.79 Å². The zero-order chi connectivity index (χ0) is 14.0. The summed E-state index contributed by atoms with van der Waals surface area (Å²) < 4.78 is 0. The van der Waals surface area contributed by atoms with Gasteiger partial charge in [-0.2, -0.15) is 0 Å². The predicted molar refractivity (Wildman–Crippen MR) is 80.5 cm³/mol. The normalized spacial score (nSPS) is 22.1. The molecule has 1 N–H and O–H groups in total. The summed E-state index contributed by atoms with van der Waals surface area (Å²) in [7, 11) is 0. The van der Waals surface area contributed by atoms with E-state index in [1.165, 1.54) is 9.75 Å². The van der Waals surface area contributed by atoms with Gasteiger partial charge in [-0.15, -0.1) is 11.3 Å². The number of rotatable bonds is 4. The highest BCUT2D eigenvalue weighted by Gasteiger charge is 2.32. The minimum atomic E-state index is -0.00254. The molecule has 1 fully saturated rings. The molecule has 1 aromatic heterocycles. The summed E-state index contributed by atoms with van der Waals surface area (Å²) >= 11 is 1.79. The van der Waals surface area contributed by atoms with E-state index in [1.54, 1.807) is 11.3 Å². The number of likely N-dealkylation sites (tertiary alicyclic amines) is 1. The van der Waals surface area contributed by atoms with Crippen LogP contribution in [0.3, 0.4) is 0 Å². The van der Waals surface area contributed by atoms with Crippen molar-refractivity contribution in [3.8, 4) is 0 Å². The minimum Gasteiger partial charge on any atom is -0.334 e. The molecule has 1 aliphatic rings. The summed E-state index contributed by atoms with van der Waals surface area (Å²) in [6, 6.07) is 4.83. The van der Waals surface area contributed by atoms with Crippen LogP contribution < -0.4 is 5.32 Å². The number of carbonyl (C=O) groups excluding carboxylic acids is 1. The van der Waals surface area contributed by atoms with Gasteiger partial charge in [0.15, 0.2) is 0 Å². The molecule has 4 heteroatoms. The maximum absolute atomic E-state index is 12.6. The lowest BCUT2D eigenvalue weighted by Gasteiger charge is -2.37. The molecule has 1 aliphatic heterocycles. The summed E-state index contributed by atoms with van der Waals surface area (Å²) in [6.45, 7) is 9.33. The summed E-state index contributed by atoms with van der Waals surface area (Å²) in [5.74, 6) is 0.263. The molecule has 0 aromatic carbocycles. The number of nitrogens with one attached hydrogen (secondary N) is 1. The molecule has 0 spiro atoms. The molecular formula is C15H24N2OS. The van der Waals surface area contributed by atoms with Crippen molar-refractivity contribution in [3.05, 3.63) is 21.9 Å². The van der Waals surface area contributed by atoms with Crippen molar-refractivity contribution in [2.75, 3.05) is 6.54 Å². The average Bonchev–Trinajstić information content (AvgIpc) is 2.77. The van der Waals surface area contributed by atoms with Crippen molar-refractivity contribution in [1.82, 2.24) is 10.2 Å². The third kappa shape index (κ3) is 3.37. The van der Waals surface area contributed by atoms with Crippen molar-refractivity contribution in [2.24, 2.45) is 0 Å². The van der Waals surface area contributed by atoms with Crippen LogP contribution in [0, 0.1) is 6.92 Å². The van der Waals surface area contributed by atoms with Crippen molar-refractivity contribution in [1.29, 1.82) is 0 Å². The van der Waals surface area contributed by atoms with Crippen molar-refractivity contribution in [3.63, 3.8) is 0 Å². The van der Waals surface area contributed by atoms with Crippen molar-refractivity contribution in [2.45, 2.75) is 58.7 Å². The van der Waals surface area contributed by atoms with Crippen LogP contribution >= 0.6 is 11.3 Å². The van der Waals surface area contributed by atoms with Crippen LogP contribution in [0.2, 0.25) is 0 Å². The second-order valence-corrected chi connectivity index (χ2v) is 6.99. The second-order valence-electron chi connectivity index (χ2n) is 5.67. The summed E-state index contributed by atoms with van der Waals surface area (Å²) in [6.07, 6.45) is 2.05. The molecule has 2 heterocycles. The first kappa shape index (κ1) is 14.5. The first-order valence-electron chi connectivity index (χ1n) is 7.12. The SMILES string of the molecule is Cc1ccc(C(C)N2CCCC(NC(C)C)C2=O)s1. The lowest BCUT2D eigenvalue weighted by Crippen LogP contribution is -2.52. The number of aryl methyl sites for hydroxylation is 1. The Balaban J connectivity index is 2.08. The zero-order valence-electron chi connectivity index (χ0n) is 12.3. The van der Waals surface area contributed by atoms with Gasteiger partial charge in [0.05, 0.1) is 12.1 Å². The molecule has 1 saturated heterocycles. The fraction of sp³-hybridized carbons (Fsp3) is 0.667. The Kier molecular flexibility index (Phi) is 4.63. The number of carbonyl (C=O) groups is 1. The molecular weight excluding hydrogens is 256 g/mol. The highest BCUT2D eigenvalue weighted by Crippen LogP contribution is 2.30. The fourth-order valence-corrected chi connectivity index (χ4v) is 3.61. The molecule has 1 amide bonds. The van der Waals surface area contributed by atoms with E-state index in [1.807, 2.05) is 4.90 Å². The third-order valence-corrected chi connectivity index (χ3v) is 4.82. The third-order valence-electron chi connectivity index (χ3n) is 3.65. The molecule has 0 saturated carbocycles. The quantitative estimate of drug-likeness (QED) is 0.919. The lowest BCUT2D eigenvalue weighted by atomic mass is 10.0. The van der Waals surface area contributed by atoms with E-state index in [0.29, 0.717) is 6.04 Å². The Morgan fingerprint density at radius 1 is 1.37 bits per heavy atom. The standard InChI is InChI=1S/C15H24N2OS/c1-10(2)16-13-6-5-9-17(15(13)18)12(4)14-8-7-11(3)19-14/h7-8,10,12-13,16H,5-6,9H2,1-4H3. The molecule has 0 aliphatic carbocycles. The minimum absolute atomic E-state index is 0.00254. The van der Waals surface area contributed by atoms with E-state index in [-0.39, 0.29) is 18.0 Å². The highest BCUT2D eigenvalue weighted by atomic mass is 32.1. The maximum atomic E-state index is 12.6. The first-order valence-corrected chi connectivity index (χ1v) is 7.93. The molecule has 2 unspecified atom stereocenters. The lowest BCUT2D eigenvalue weighted by molar-refractivity contribution is -0.138. The maximum Gasteiger partial charge on any atom is 0.240 e. The Labute approximate surface area is 120 Å². The summed E-state index contributed by atoms with van der Waals surface area (Å²) in [5, 5.41) is 3.39. The van der Waals surface area contributed by atoms with E-state index < -0.39 is 0 Å². The number of hydrogen-bond donors (Lipinski definition) is 1. The Morgan fingerprint density at radius 3 is 2.68 bits per heavy atom. The molecule has 106 valence electrons. The van der Waals surface area contributed by atoms with Gasteiger partial charge >= 0.3 is 0 Å². The Hall–Kier alpha value is -0.870. The van der Waals surface area contributed by atoms with Gasteiger partial charge in [-0.3, -0.25) is 4.79 Å². The van der Waals surface area contributed by atoms with E-state index in [0.717, 1.165) is 19.4 Å². The van der Waals surface area contributed by atoms with Crippen LogP contribution in [0.25, 0.3) is 0 Å². The topological polar surface area (TPSA) is 32.3 Å². The van der Waals surface area contributed by atoms with E-state index in [9.17, 15) is 4.79 Å². The van der Waals surface area contributed by atoms with Crippen LogP contribution in [-0.4, -0.2) is 29.4 Å². The van der Waals surface area contributed by atoms with Gasteiger partial charge in [-0.1, -0.05) is 13.8 Å². The number of amides is 1. The van der Waals surface area contributed by atoms with Gasteiger partial charge in [0.1, 0.15) is 0 Å². The Morgan fingerprint density at radius 2 is 2.11 bits per heavy atom. The largest absolute Gasteiger partial charge is 0.334 e. The van der Waals surface area contributed by atoms with E-state index >= 15 is 0 Å². The van der Waals surface area contributed by atoms with E-state index in [2.05, 4.69) is 45.1 Å². The van der Waals surface area contributed by atoms with Crippen LogP contribution in [0.1, 0.15) is 49.4 Å². The number of thiophene rings is 1. The molecule has 0 bridgehead atoms. The fourth-order valence-electron chi connectivity index (χ4n) is 2.67. The molecule has 19 heavy (non-hydrogen) atoms. The average molecular weight is 280 g/mol. The van der Waals surface area contributed by atoms with Crippen molar-refractivity contribution >= 4 is 17.2 Å². The monoisotopic (exact) mass is 280 g/mol. The molecule has 3 nitrogen and oxygen atoms in total. The molecule has 2 atom stereocenters. The van der Waals surface area contributed by atoms with Gasteiger partial charge in [0, 0.05) is 22.3 Å². The molecule has 2 rings (SSSR count). The van der Waals surface area contributed by atoms with Gasteiger partial charge in [0.25, 0.3) is 0 Å². The smallest absolute Gasteiger partial charge is 0.240 e. The summed E-state index contributed by atoms with van der Waals surface area (Å²) in [5.41, 5.74) is 0. The number of piperidine rings is 1. The zero-order valence-corrected chi connectivity index (χ0v) is 13.1. The summed E-state index contributed by atoms with van der Waals surface area (Å²) in [4.78, 5) is 17.2. The van der Waals surface area contributed by atoms with Crippen LogP contribution in [0.5, 0.6) is 0 Å². The number of nitrogens with zero attached hydrogens (tertiary/aromatic N) is 1. The van der Waals surface area contributed by atoms with Gasteiger partial charge in [-0.25, -0.2) is 0 Å². The first-order chi connectivity index (χ1) is 8.99. The predicted octanol–water partition coefficient (Wildman–Crippen LogP) is 3.11. The number of hydrogen-bond acceptors (Lipinski definition) is 3. The van der Waals surface area contributed by atoms with Crippen LogP contribution in [-0.2, 0) is 4.79 Å². The Bertz CT molecular complexity index is 441. The van der Waals surface area contributed by atoms with Gasteiger partial charge in [-0.05, 0) is 38.8 Å². The van der Waals surface area contributed by atoms with Gasteiger partial charge < -0.3 is 10.2 Å². The molecule has 0 radical (unpaired) electrons. The second kappa shape index (κ2) is 6.06. The van der Waals surface area contributed by atoms with E-state index in [4.69, 9.17) is 0 Å².